The Morgan fingerprint density at radius 2 is 1.96 bits per heavy atom. The summed E-state index contributed by atoms with van der Waals surface area (Å²) in [6.07, 6.45) is -3.09. The monoisotopic (exact) mass is 380 g/mol. The molecule has 0 unspecified atom stereocenters. The predicted octanol–water partition coefficient (Wildman–Crippen LogP) is 3.75. The number of carbonyl (C=O) groups is 1. The maximum absolute atomic E-state index is 12.9. The van der Waals surface area contributed by atoms with Crippen LogP contribution >= 0.6 is 12.4 Å². The topological polar surface area (TPSA) is 55.6 Å². The van der Waals surface area contributed by atoms with E-state index in [2.05, 4.69) is 6.58 Å². The van der Waals surface area contributed by atoms with E-state index in [-0.39, 0.29) is 35.7 Å². The van der Waals surface area contributed by atoms with Crippen molar-refractivity contribution in [3.05, 3.63) is 42.0 Å². The van der Waals surface area contributed by atoms with Crippen LogP contribution in [0.25, 0.3) is 0 Å². The van der Waals surface area contributed by atoms with Crippen LogP contribution in [0.4, 0.5) is 13.2 Å². The second-order valence-corrected chi connectivity index (χ2v) is 6.34. The van der Waals surface area contributed by atoms with E-state index in [1.165, 1.54) is 18.0 Å². The summed E-state index contributed by atoms with van der Waals surface area (Å²) in [6.45, 7) is 7.97. The van der Waals surface area contributed by atoms with Crippen molar-refractivity contribution in [2.75, 3.05) is 26.7 Å². The van der Waals surface area contributed by atoms with Gasteiger partial charge in [0.2, 0.25) is 0 Å². The van der Waals surface area contributed by atoms with E-state index in [1.54, 1.807) is 0 Å². The molecule has 2 N–H and O–H groups in total. The highest BCUT2D eigenvalue weighted by Gasteiger charge is 2.33. The molecule has 0 fully saturated rings. The quantitative estimate of drug-likeness (QED) is 0.733. The summed E-state index contributed by atoms with van der Waals surface area (Å²) in [4.78, 5) is 14.0. The van der Waals surface area contributed by atoms with Crippen molar-refractivity contribution in [2.24, 2.45) is 11.1 Å². The van der Waals surface area contributed by atoms with Crippen molar-refractivity contribution in [3.8, 4) is 5.75 Å². The van der Waals surface area contributed by atoms with Gasteiger partial charge in [0.15, 0.2) is 0 Å². The van der Waals surface area contributed by atoms with E-state index < -0.39 is 17.6 Å². The Hall–Kier alpha value is -1.73. The Kier molecular flexibility index (Phi) is 8.47. The van der Waals surface area contributed by atoms with Crippen LogP contribution in [0.5, 0.6) is 5.75 Å². The zero-order valence-electron chi connectivity index (χ0n) is 14.5. The van der Waals surface area contributed by atoms with Crippen LogP contribution in [0.15, 0.2) is 30.9 Å². The SMILES string of the molecule is C=CCOc1ccc(C(F)(F)F)cc1C(=O)N(C)CC(C)(C)CN.Cl. The van der Waals surface area contributed by atoms with Gasteiger partial charge in [0.25, 0.3) is 5.91 Å². The molecule has 1 aromatic carbocycles. The van der Waals surface area contributed by atoms with Crippen molar-refractivity contribution in [3.63, 3.8) is 0 Å². The molecule has 0 bridgehead atoms. The molecular formula is C17H24ClF3N2O2. The number of hydrogen-bond donors (Lipinski definition) is 1. The van der Waals surface area contributed by atoms with Gasteiger partial charge >= 0.3 is 6.18 Å². The second-order valence-electron chi connectivity index (χ2n) is 6.34. The molecule has 0 aliphatic heterocycles. The van der Waals surface area contributed by atoms with Crippen LogP contribution in [0.1, 0.15) is 29.8 Å². The molecule has 8 heteroatoms. The van der Waals surface area contributed by atoms with E-state index in [4.69, 9.17) is 10.5 Å². The number of nitrogens with zero attached hydrogens (tertiary/aromatic N) is 1. The van der Waals surface area contributed by atoms with Gasteiger partial charge in [0.1, 0.15) is 12.4 Å². The number of carbonyl (C=O) groups excluding carboxylic acids is 1. The number of nitrogens with two attached hydrogens (primary N) is 1. The average Bonchev–Trinajstić information content (AvgIpc) is 2.50. The second kappa shape index (κ2) is 9.10. The third kappa shape index (κ3) is 6.59. The molecule has 142 valence electrons. The Morgan fingerprint density at radius 3 is 2.44 bits per heavy atom. The van der Waals surface area contributed by atoms with Crippen molar-refractivity contribution < 1.29 is 22.7 Å². The predicted molar refractivity (Wildman–Crippen MR) is 94.2 cm³/mol. The highest BCUT2D eigenvalue weighted by atomic mass is 35.5. The molecule has 0 saturated carbocycles. The van der Waals surface area contributed by atoms with Gasteiger partial charge in [0.05, 0.1) is 11.1 Å². The van der Waals surface area contributed by atoms with Gasteiger partial charge in [-0.25, -0.2) is 0 Å². The Morgan fingerprint density at radius 1 is 1.36 bits per heavy atom. The molecule has 25 heavy (non-hydrogen) atoms. The molecule has 1 rings (SSSR count). The first-order valence-electron chi connectivity index (χ1n) is 7.42. The third-order valence-electron chi connectivity index (χ3n) is 3.46. The molecule has 0 radical (unpaired) electrons. The fraction of sp³-hybridized carbons (Fsp3) is 0.471. The zero-order chi connectivity index (χ0) is 18.5. The summed E-state index contributed by atoms with van der Waals surface area (Å²) in [5, 5.41) is 0. The minimum Gasteiger partial charge on any atom is -0.489 e. The van der Waals surface area contributed by atoms with E-state index in [9.17, 15) is 18.0 Å². The molecule has 0 aliphatic carbocycles. The van der Waals surface area contributed by atoms with Crippen molar-refractivity contribution in [1.29, 1.82) is 0 Å². The number of halogens is 4. The molecular weight excluding hydrogens is 357 g/mol. The average molecular weight is 381 g/mol. The van der Waals surface area contributed by atoms with Crippen molar-refractivity contribution >= 4 is 18.3 Å². The number of ether oxygens (including phenoxy) is 1. The maximum Gasteiger partial charge on any atom is 0.416 e. The van der Waals surface area contributed by atoms with E-state index >= 15 is 0 Å². The molecule has 1 amide bonds. The molecule has 0 aromatic heterocycles. The lowest BCUT2D eigenvalue weighted by Gasteiger charge is -2.29. The first-order chi connectivity index (χ1) is 11.0. The van der Waals surface area contributed by atoms with Crippen molar-refractivity contribution in [2.45, 2.75) is 20.0 Å². The number of hydrogen-bond acceptors (Lipinski definition) is 3. The number of alkyl halides is 3. The minimum absolute atomic E-state index is 0. The van der Waals surface area contributed by atoms with Crippen LogP contribution in [-0.2, 0) is 6.18 Å². The van der Waals surface area contributed by atoms with Crippen molar-refractivity contribution in [1.82, 2.24) is 4.90 Å². The lowest BCUT2D eigenvalue weighted by molar-refractivity contribution is -0.137. The van der Waals surface area contributed by atoms with Crippen LogP contribution in [0, 0.1) is 5.41 Å². The lowest BCUT2D eigenvalue weighted by atomic mass is 9.93. The largest absolute Gasteiger partial charge is 0.489 e. The number of benzene rings is 1. The van der Waals surface area contributed by atoms with Gasteiger partial charge in [-0.1, -0.05) is 26.5 Å². The van der Waals surface area contributed by atoms with E-state index in [1.807, 2.05) is 13.8 Å². The standard InChI is InChI=1S/C17H23F3N2O2.ClH/c1-5-8-24-14-7-6-12(17(18,19)20)9-13(14)15(23)22(4)11-16(2,3)10-21;/h5-7,9H,1,8,10-11,21H2,2-4H3;1H. The lowest BCUT2D eigenvalue weighted by Crippen LogP contribution is -2.40. The Labute approximate surface area is 152 Å². The minimum atomic E-state index is -4.54. The summed E-state index contributed by atoms with van der Waals surface area (Å²) in [5.74, 6) is -0.466. The number of rotatable bonds is 7. The number of amides is 1. The Balaban J connectivity index is 0.00000576. The first kappa shape index (κ1) is 23.3. The molecule has 0 saturated heterocycles. The van der Waals surface area contributed by atoms with Gasteiger partial charge in [-0.15, -0.1) is 12.4 Å². The van der Waals surface area contributed by atoms with Gasteiger partial charge in [0, 0.05) is 13.6 Å². The first-order valence-corrected chi connectivity index (χ1v) is 7.42. The summed E-state index contributed by atoms with van der Waals surface area (Å²) in [7, 11) is 1.53. The highest BCUT2D eigenvalue weighted by Crippen LogP contribution is 2.33. The molecule has 0 aliphatic rings. The van der Waals surface area contributed by atoms with Crippen LogP contribution < -0.4 is 10.5 Å². The Bertz CT molecular complexity index is 604. The molecule has 1 aromatic rings. The highest BCUT2D eigenvalue weighted by molar-refractivity contribution is 5.97. The maximum atomic E-state index is 12.9. The van der Waals surface area contributed by atoms with Gasteiger partial charge in [-0.3, -0.25) is 4.79 Å². The molecule has 4 nitrogen and oxygen atoms in total. The summed E-state index contributed by atoms with van der Waals surface area (Å²) < 4.78 is 44.2. The van der Waals surface area contributed by atoms with Gasteiger partial charge in [-0.2, -0.15) is 13.2 Å². The van der Waals surface area contributed by atoms with Gasteiger partial charge < -0.3 is 15.4 Å². The smallest absolute Gasteiger partial charge is 0.416 e. The van der Waals surface area contributed by atoms with Crippen LogP contribution in [-0.4, -0.2) is 37.6 Å². The fourth-order valence-corrected chi connectivity index (χ4v) is 2.13. The third-order valence-corrected chi connectivity index (χ3v) is 3.46. The van der Waals surface area contributed by atoms with Crippen LogP contribution in [0.2, 0.25) is 0 Å². The normalized spacial score (nSPS) is 11.5. The summed E-state index contributed by atoms with van der Waals surface area (Å²) >= 11 is 0. The fourth-order valence-electron chi connectivity index (χ4n) is 2.13. The van der Waals surface area contributed by atoms with Crippen LogP contribution in [0.3, 0.4) is 0 Å². The van der Waals surface area contributed by atoms with E-state index in [0.717, 1.165) is 18.2 Å². The summed E-state index contributed by atoms with van der Waals surface area (Å²) in [5.41, 5.74) is 4.26. The molecule has 0 heterocycles. The zero-order valence-corrected chi connectivity index (χ0v) is 15.3. The molecule has 0 atom stereocenters. The van der Waals surface area contributed by atoms with Gasteiger partial charge in [-0.05, 0) is 30.2 Å². The molecule has 0 spiro atoms. The van der Waals surface area contributed by atoms with E-state index in [0.29, 0.717) is 13.1 Å². The summed E-state index contributed by atoms with van der Waals surface area (Å²) in [6, 6.07) is 2.85.